The quantitative estimate of drug-likeness (QED) is 0.122. The van der Waals surface area contributed by atoms with E-state index in [1.165, 1.54) is 0 Å². The van der Waals surface area contributed by atoms with Gasteiger partial charge in [-0.3, -0.25) is 4.90 Å². The number of amides is 1. The van der Waals surface area contributed by atoms with Crippen molar-refractivity contribution in [3.63, 3.8) is 0 Å². The van der Waals surface area contributed by atoms with Crippen LogP contribution < -0.4 is 9.64 Å². The van der Waals surface area contributed by atoms with E-state index in [2.05, 4.69) is 64.0 Å². The van der Waals surface area contributed by atoms with Crippen molar-refractivity contribution in [2.45, 2.75) is 128 Å². The van der Waals surface area contributed by atoms with Gasteiger partial charge in [0.2, 0.25) is 0 Å². The van der Waals surface area contributed by atoms with E-state index in [1.54, 1.807) is 11.0 Å². The second-order valence-corrected chi connectivity index (χ2v) is 24.6. The molecule has 3 fully saturated rings. The van der Waals surface area contributed by atoms with Gasteiger partial charge in [-0.2, -0.15) is 15.2 Å². The maximum atomic E-state index is 17.6. The van der Waals surface area contributed by atoms with E-state index >= 15 is 4.39 Å². The Labute approximate surface area is 355 Å². The molecule has 318 valence electrons. The van der Waals surface area contributed by atoms with Crippen LogP contribution in [0.5, 0.6) is 6.01 Å². The number of piperazine rings is 1. The summed E-state index contributed by atoms with van der Waals surface area (Å²) < 4.78 is 44.5. The fourth-order valence-corrected chi connectivity index (χ4v) is 15.7. The third kappa shape index (κ3) is 8.18. The smallest absolute Gasteiger partial charge is 0.410 e. The fraction of sp³-hybridized carbons (Fsp3) is 0.542. The number of aromatic nitrogens is 2. The van der Waals surface area contributed by atoms with Crippen molar-refractivity contribution in [1.29, 1.82) is 5.26 Å². The molecule has 60 heavy (non-hydrogen) atoms. The van der Waals surface area contributed by atoms with Gasteiger partial charge in [-0.1, -0.05) is 83.9 Å². The number of rotatable bonds is 9. The van der Waals surface area contributed by atoms with E-state index in [-0.39, 0.29) is 37.6 Å². The van der Waals surface area contributed by atoms with Gasteiger partial charge in [0.05, 0.1) is 24.1 Å². The molecule has 9 nitrogen and oxygen atoms in total. The Kier molecular flexibility index (Phi) is 12.2. The number of fused-ring (bicyclic) bond motifs is 3. The minimum absolute atomic E-state index is 0.00492. The predicted octanol–water partition coefficient (Wildman–Crippen LogP) is 10.5. The summed E-state index contributed by atoms with van der Waals surface area (Å²) in [4.78, 5) is 28.7. The molecule has 0 saturated carbocycles. The molecule has 0 bridgehead atoms. The van der Waals surface area contributed by atoms with Gasteiger partial charge >= 0.3 is 12.1 Å². The summed E-state index contributed by atoms with van der Waals surface area (Å²) >= 11 is 0. The molecule has 3 aromatic carbocycles. The molecule has 3 aliphatic heterocycles. The highest BCUT2D eigenvalue weighted by atomic mass is 28.3. The predicted molar refractivity (Wildman–Crippen MR) is 238 cm³/mol. The van der Waals surface area contributed by atoms with Crippen molar-refractivity contribution in [3.05, 3.63) is 59.9 Å². The molecule has 0 N–H and O–H groups in total. The Bertz CT molecular complexity index is 2340. The summed E-state index contributed by atoms with van der Waals surface area (Å²) in [6.07, 6.45) is 0.780. The first-order valence-electron chi connectivity index (χ1n) is 21.7. The topological polar surface area (TPSA) is 94.8 Å². The lowest BCUT2D eigenvalue weighted by Gasteiger charge is -2.41. The molecule has 7 rings (SSSR count). The number of ether oxygens (including phenoxy) is 2. The number of carbonyl (C=O) groups is 1. The largest absolute Gasteiger partial charge is 0.461 e. The molecule has 3 aliphatic rings. The van der Waals surface area contributed by atoms with Crippen molar-refractivity contribution >= 4 is 41.7 Å². The van der Waals surface area contributed by atoms with E-state index in [0.717, 1.165) is 35.7 Å². The number of hydrogen-bond donors (Lipinski definition) is 0. The third-order valence-electron chi connectivity index (χ3n) is 13.2. The van der Waals surface area contributed by atoms with Crippen molar-refractivity contribution in [1.82, 2.24) is 19.8 Å². The molecule has 0 aliphatic carbocycles. The highest BCUT2D eigenvalue weighted by molar-refractivity contribution is 6.90. The van der Waals surface area contributed by atoms with Crippen molar-refractivity contribution in [3.8, 4) is 34.7 Å². The van der Waals surface area contributed by atoms with Crippen molar-refractivity contribution in [2.24, 2.45) is 0 Å². The summed E-state index contributed by atoms with van der Waals surface area (Å²) in [7, 11) is -2.07. The molecule has 0 unspecified atom stereocenters. The molecule has 4 heterocycles. The standard InChI is InChI=1S/C48H60F2N6O3Si/c1-31(2)60(32(3)4,33(5)6)26-20-35-14-10-13-34-15-11-16-38(41(34)35)39-17-18-40-43(42(39)50)52-45(58-30-48-21-12-23-55(48)28-36(49)27-48)53-44(40)54-24-25-56(37(29-54)19-22-51)46(57)59-47(7,8)9/h10-11,13-18,31-33,36-37H,12,19,21,23-25,27-30H2,1-9H3/t36-,37+,48+/m1/s1. The zero-order valence-electron chi connectivity index (χ0n) is 36.7. The van der Waals surface area contributed by atoms with Crippen LogP contribution in [0.15, 0.2) is 48.5 Å². The van der Waals surface area contributed by atoms with E-state index in [4.69, 9.17) is 19.4 Å². The monoisotopic (exact) mass is 834 g/mol. The van der Waals surface area contributed by atoms with Gasteiger partial charge in [0.25, 0.3) is 0 Å². The maximum absolute atomic E-state index is 17.6. The summed E-state index contributed by atoms with van der Waals surface area (Å²) in [5, 5.41) is 12.2. The number of carbonyl (C=O) groups excluding carboxylic acids is 1. The zero-order valence-corrected chi connectivity index (χ0v) is 37.7. The van der Waals surface area contributed by atoms with Crippen LogP contribution in [0.25, 0.3) is 32.8 Å². The second-order valence-electron chi connectivity index (χ2n) is 19.0. The van der Waals surface area contributed by atoms with Crippen LogP contribution in [0.1, 0.15) is 93.6 Å². The zero-order chi connectivity index (χ0) is 43.1. The Morgan fingerprint density at radius 1 is 0.967 bits per heavy atom. The van der Waals surface area contributed by atoms with E-state index in [0.29, 0.717) is 58.5 Å². The second kappa shape index (κ2) is 16.9. The molecule has 0 spiro atoms. The number of benzene rings is 3. The van der Waals surface area contributed by atoms with Gasteiger partial charge in [0, 0.05) is 54.5 Å². The van der Waals surface area contributed by atoms with Crippen LogP contribution in [-0.4, -0.2) is 96.6 Å². The maximum Gasteiger partial charge on any atom is 0.410 e. The van der Waals surface area contributed by atoms with Crippen molar-refractivity contribution in [2.75, 3.05) is 44.2 Å². The molecule has 1 aromatic heterocycles. The van der Waals surface area contributed by atoms with Gasteiger partial charge in [-0.05, 0) is 79.9 Å². The number of hydrogen-bond acceptors (Lipinski definition) is 8. The molecule has 3 saturated heterocycles. The highest BCUT2D eigenvalue weighted by Gasteiger charge is 2.49. The van der Waals surface area contributed by atoms with Crippen molar-refractivity contribution < 1.29 is 23.0 Å². The van der Waals surface area contributed by atoms with Gasteiger partial charge in [0.1, 0.15) is 37.8 Å². The fourth-order valence-electron chi connectivity index (χ4n) is 10.5. The summed E-state index contributed by atoms with van der Waals surface area (Å²) in [6.45, 7) is 21.5. The van der Waals surface area contributed by atoms with Gasteiger partial charge in [0.15, 0.2) is 5.82 Å². The molecule has 4 aromatic rings. The highest BCUT2D eigenvalue weighted by Crippen LogP contribution is 2.43. The SMILES string of the molecule is CC(C)[Si](C#Cc1cccc2cccc(-c3ccc4c(N5CCN(C(=O)OC(C)(C)C)[C@@H](CC#N)C5)nc(OC[C@@]56CCCN5C[C@H](F)C6)nc4c3F)c12)(C(C)C)C(C)C. The minimum Gasteiger partial charge on any atom is -0.461 e. The average Bonchev–Trinajstić information content (AvgIpc) is 3.71. The molecule has 1 amide bonds. The van der Waals surface area contributed by atoms with Gasteiger partial charge < -0.3 is 19.3 Å². The van der Waals surface area contributed by atoms with Crippen LogP contribution >= 0.6 is 0 Å². The van der Waals surface area contributed by atoms with Crippen LogP contribution in [0.2, 0.25) is 16.6 Å². The molecule has 0 radical (unpaired) electrons. The first kappa shape index (κ1) is 43.3. The lowest BCUT2D eigenvalue weighted by Crippen LogP contribution is -2.56. The van der Waals surface area contributed by atoms with E-state index in [1.807, 2.05) is 68.1 Å². The van der Waals surface area contributed by atoms with E-state index < -0.39 is 43.3 Å². The summed E-state index contributed by atoms with van der Waals surface area (Å²) in [5.74, 6) is 3.58. The number of nitriles is 1. The molecule has 12 heteroatoms. The number of nitrogens with zero attached hydrogens (tertiary/aromatic N) is 6. The van der Waals surface area contributed by atoms with Crippen LogP contribution in [0.4, 0.5) is 19.4 Å². The van der Waals surface area contributed by atoms with Crippen LogP contribution in [0, 0.1) is 28.6 Å². The first-order valence-corrected chi connectivity index (χ1v) is 23.9. The van der Waals surface area contributed by atoms with Gasteiger partial charge in [-0.25, -0.2) is 13.6 Å². The minimum atomic E-state index is -2.07. The molecular weight excluding hydrogens is 775 g/mol. The number of alkyl halides is 1. The lowest BCUT2D eigenvalue weighted by atomic mass is 9.93. The third-order valence-corrected chi connectivity index (χ3v) is 19.5. The summed E-state index contributed by atoms with van der Waals surface area (Å²) in [6, 6.07) is 17.4. The lowest BCUT2D eigenvalue weighted by molar-refractivity contribution is 0.0145. The number of halogens is 2. The first-order chi connectivity index (χ1) is 28.5. The molecule has 3 atom stereocenters. The Balaban J connectivity index is 1.35. The Hall–Kier alpha value is -4.78. The normalized spacial score (nSPS) is 21.1. The van der Waals surface area contributed by atoms with Gasteiger partial charge in [-0.15, -0.1) is 5.54 Å². The molecular formula is C48H60F2N6O3Si. The Morgan fingerprint density at radius 3 is 2.37 bits per heavy atom. The Morgan fingerprint density at radius 2 is 1.68 bits per heavy atom. The summed E-state index contributed by atoms with van der Waals surface area (Å²) in [5.41, 5.74) is 6.15. The number of anilines is 1. The average molecular weight is 835 g/mol. The van der Waals surface area contributed by atoms with E-state index in [9.17, 15) is 14.4 Å². The van der Waals surface area contributed by atoms with Crippen LogP contribution in [0.3, 0.4) is 0 Å². The van der Waals surface area contributed by atoms with Crippen LogP contribution in [-0.2, 0) is 4.74 Å².